The number of hydrogen-bond acceptors (Lipinski definition) is 6. The summed E-state index contributed by atoms with van der Waals surface area (Å²) in [5, 5.41) is 24.1. The Morgan fingerprint density at radius 1 is 1.17 bits per heavy atom. The molecule has 1 aliphatic carbocycles. The van der Waals surface area contributed by atoms with Crippen LogP contribution in [-0.2, 0) is 19.9 Å². The maximum Gasteiger partial charge on any atom is 0.320 e. The fourth-order valence-corrected chi connectivity index (χ4v) is 4.80. The van der Waals surface area contributed by atoms with Gasteiger partial charge in [-0.05, 0) is 37.5 Å². The van der Waals surface area contributed by atoms with Crippen LogP contribution in [0.15, 0.2) is 54.6 Å². The van der Waals surface area contributed by atoms with E-state index in [1.165, 1.54) is 6.92 Å². The van der Waals surface area contributed by atoms with Crippen molar-refractivity contribution in [2.45, 2.75) is 44.8 Å². The van der Waals surface area contributed by atoms with Gasteiger partial charge < -0.3 is 9.84 Å². The molecule has 0 heterocycles. The first-order valence-corrected chi connectivity index (χ1v) is 9.85. The summed E-state index contributed by atoms with van der Waals surface area (Å²) in [5.74, 6) is -2.59. The number of ether oxygens (including phenoxy) is 1. The summed E-state index contributed by atoms with van der Waals surface area (Å²) in [6.45, 7) is 4.62. The zero-order valence-electron chi connectivity index (χ0n) is 17.2. The summed E-state index contributed by atoms with van der Waals surface area (Å²) in [5.41, 5.74) is -2.45. The molecule has 1 saturated carbocycles. The van der Waals surface area contributed by atoms with Gasteiger partial charge in [0.05, 0.1) is 12.5 Å². The average Bonchev–Trinajstić information content (AvgIpc) is 3.01. The molecular formula is C23H25NO6. The Morgan fingerprint density at radius 2 is 1.77 bits per heavy atom. The zero-order valence-corrected chi connectivity index (χ0v) is 17.2. The quantitative estimate of drug-likeness (QED) is 0.339. The third-order valence-electron chi connectivity index (χ3n) is 6.18. The van der Waals surface area contributed by atoms with Gasteiger partial charge >= 0.3 is 5.97 Å². The predicted octanol–water partition coefficient (Wildman–Crippen LogP) is 3.15. The Labute approximate surface area is 174 Å². The SMILES string of the molecule is CCOC(=O)[C@]1(C(C)=O)C[C@](O)(c2ccccc2)[C@@H]([N+](=O)[O-])[C@@H]1c1ccccc1C. The number of hydrogen-bond donors (Lipinski definition) is 1. The van der Waals surface area contributed by atoms with Gasteiger partial charge in [-0.1, -0.05) is 54.6 Å². The zero-order chi connectivity index (χ0) is 22.1. The van der Waals surface area contributed by atoms with Gasteiger partial charge in [0, 0.05) is 11.3 Å². The van der Waals surface area contributed by atoms with E-state index in [1.807, 2.05) is 0 Å². The Morgan fingerprint density at radius 3 is 2.30 bits per heavy atom. The number of nitrogens with zero attached hydrogens (tertiary/aromatic N) is 1. The van der Waals surface area contributed by atoms with Gasteiger partial charge in [0.2, 0.25) is 0 Å². The number of rotatable bonds is 6. The predicted molar refractivity (Wildman–Crippen MR) is 109 cm³/mol. The first-order valence-electron chi connectivity index (χ1n) is 9.85. The van der Waals surface area contributed by atoms with E-state index in [9.17, 15) is 24.8 Å². The lowest BCUT2D eigenvalue weighted by molar-refractivity contribution is -0.547. The van der Waals surface area contributed by atoms with E-state index in [-0.39, 0.29) is 12.2 Å². The van der Waals surface area contributed by atoms with E-state index in [2.05, 4.69) is 0 Å². The van der Waals surface area contributed by atoms with Crippen LogP contribution in [0.3, 0.4) is 0 Å². The fraction of sp³-hybridized carbons (Fsp3) is 0.391. The van der Waals surface area contributed by atoms with Crippen molar-refractivity contribution in [3.05, 3.63) is 81.4 Å². The van der Waals surface area contributed by atoms with Crippen molar-refractivity contribution in [1.82, 2.24) is 0 Å². The smallest absolute Gasteiger partial charge is 0.320 e. The molecule has 4 atom stereocenters. The molecule has 7 heteroatoms. The van der Waals surface area contributed by atoms with Gasteiger partial charge in [0.1, 0.15) is 11.2 Å². The summed E-state index contributed by atoms with van der Waals surface area (Å²) < 4.78 is 5.25. The number of carbonyl (C=O) groups excluding carboxylic acids is 2. The normalized spacial score (nSPS) is 28.1. The summed E-state index contributed by atoms with van der Waals surface area (Å²) >= 11 is 0. The fourth-order valence-electron chi connectivity index (χ4n) is 4.80. The molecule has 1 aliphatic rings. The van der Waals surface area contributed by atoms with E-state index >= 15 is 0 Å². The Hall–Kier alpha value is -3.06. The standard InChI is InChI=1S/C23H25NO6/c1-4-30-21(26)22(16(3)25)14-23(27,17-11-6-5-7-12-17)20(24(28)29)19(22)18-13-9-8-10-15(18)2/h5-13,19-20,27H,4,14H2,1-3H3/t19-,20-,22-,23-/m0/s1. The van der Waals surface area contributed by atoms with Crippen molar-refractivity contribution in [2.24, 2.45) is 5.41 Å². The number of aliphatic hydroxyl groups is 1. The number of ketones is 1. The molecule has 158 valence electrons. The minimum atomic E-state index is -2.03. The molecule has 3 rings (SSSR count). The van der Waals surface area contributed by atoms with Crippen LogP contribution in [0.2, 0.25) is 0 Å². The second kappa shape index (κ2) is 7.99. The van der Waals surface area contributed by atoms with Crippen molar-refractivity contribution < 1.29 is 24.4 Å². The van der Waals surface area contributed by atoms with Crippen LogP contribution in [0.25, 0.3) is 0 Å². The second-order valence-electron chi connectivity index (χ2n) is 7.78. The van der Waals surface area contributed by atoms with Crippen molar-refractivity contribution in [3.63, 3.8) is 0 Å². The molecule has 30 heavy (non-hydrogen) atoms. The van der Waals surface area contributed by atoms with E-state index < -0.39 is 46.1 Å². The minimum Gasteiger partial charge on any atom is -0.465 e. The van der Waals surface area contributed by atoms with Gasteiger partial charge in [-0.15, -0.1) is 0 Å². The molecule has 0 spiro atoms. The Kier molecular flexibility index (Phi) is 5.76. The highest BCUT2D eigenvalue weighted by Gasteiger charge is 2.73. The molecule has 2 aromatic rings. The summed E-state index contributed by atoms with van der Waals surface area (Å²) in [4.78, 5) is 38.0. The number of esters is 1. The highest BCUT2D eigenvalue weighted by molar-refractivity contribution is 6.04. The number of carbonyl (C=O) groups is 2. The molecule has 0 radical (unpaired) electrons. The third-order valence-corrected chi connectivity index (χ3v) is 6.18. The van der Waals surface area contributed by atoms with Crippen LogP contribution >= 0.6 is 0 Å². The topological polar surface area (TPSA) is 107 Å². The number of aryl methyl sites for hydroxylation is 1. The molecule has 0 unspecified atom stereocenters. The van der Waals surface area contributed by atoms with Crippen LogP contribution < -0.4 is 0 Å². The number of benzene rings is 2. The first kappa shape index (κ1) is 21.6. The van der Waals surface area contributed by atoms with Gasteiger partial charge in [0.15, 0.2) is 5.60 Å². The second-order valence-corrected chi connectivity index (χ2v) is 7.78. The van der Waals surface area contributed by atoms with Crippen molar-refractivity contribution in [1.29, 1.82) is 0 Å². The molecule has 0 aliphatic heterocycles. The molecule has 0 bridgehead atoms. The number of nitro groups is 1. The van der Waals surface area contributed by atoms with Crippen molar-refractivity contribution in [2.75, 3.05) is 6.61 Å². The molecule has 1 N–H and O–H groups in total. The first-order chi connectivity index (χ1) is 14.2. The molecule has 2 aromatic carbocycles. The van der Waals surface area contributed by atoms with Crippen molar-refractivity contribution >= 4 is 11.8 Å². The van der Waals surface area contributed by atoms with Crippen LogP contribution in [0.5, 0.6) is 0 Å². The van der Waals surface area contributed by atoms with E-state index in [1.54, 1.807) is 68.4 Å². The lowest BCUT2D eigenvalue weighted by Gasteiger charge is -2.31. The maximum absolute atomic E-state index is 13.2. The van der Waals surface area contributed by atoms with Crippen LogP contribution in [-0.4, -0.2) is 34.4 Å². The lowest BCUT2D eigenvalue weighted by Crippen LogP contribution is -2.45. The molecule has 0 saturated heterocycles. The van der Waals surface area contributed by atoms with Gasteiger partial charge in [-0.2, -0.15) is 0 Å². The Bertz CT molecular complexity index is 975. The summed E-state index contributed by atoms with van der Waals surface area (Å²) in [7, 11) is 0. The molecule has 7 nitrogen and oxygen atoms in total. The number of Topliss-reactive ketones (excluding diaryl/α,β-unsaturated/α-hetero) is 1. The monoisotopic (exact) mass is 411 g/mol. The van der Waals surface area contributed by atoms with Crippen molar-refractivity contribution in [3.8, 4) is 0 Å². The largest absolute Gasteiger partial charge is 0.465 e. The molecule has 1 fully saturated rings. The Balaban J connectivity index is 2.37. The van der Waals surface area contributed by atoms with Gasteiger partial charge in [-0.25, -0.2) is 0 Å². The molecular weight excluding hydrogens is 386 g/mol. The van der Waals surface area contributed by atoms with E-state index in [4.69, 9.17) is 4.74 Å². The lowest BCUT2D eigenvalue weighted by atomic mass is 9.70. The molecule has 0 aromatic heterocycles. The highest BCUT2D eigenvalue weighted by Crippen LogP contribution is 2.60. The summed E-state index contributed by atoms with van der Waals surface area (Å²) in [6.07, 6.45) is -0.428. The van der Waals surface area contributed by atoms with Crippen LogP contribution in [0.1, 0.15) is 42.9 Å². The molecule has 0 amide bonds. The minimum absolute atomic E-state index is 0.0151. The average molecular weight is 411 g/mol. The summed E-state index contributed by atoms with van der Waals surface area (Å²) in [6, 6.07) is 13.5. The third kappa shape index (κ3) is 3.19. The van der Waals surface area contributed by atoms with Gasteiger partial charge in [0.25, 0.3) is 6.04 Å². The van der Waals surface area contributed by atoms with Crippen LogP contribution in [0.4, 0.5) is 0 Å². The highest BCUT2D eigenvalue weighted by atomic mass is 16.6. The van der Waals surface area contributed by atoms with Gasteiger partial charge in [-0.3, -0.25) is 19.7 Å². The van der Waals surface area contributed by atoms with Crippen LogP contribution in [0, 0.1) is 22.5 Å². The van der Waals surface area contributed by atoms with E-state index in [0.717, 1.165) is 0 Å². The van der Waals surface area contributed by atoms with E-state index in [0.29, 0.717) is 11.1 Å². The maximum atomic E-state index is 13.2.